The summed E-state index contributed by atoms with van der Waals surface area (Å²) in [5.74, 6) is -0.0837. The van der Waals surface area contributed by atoms with E-state index in [1.807, 2.05) is 0 Å². The fourth-order valence-electron chi connectivity index (χ4n) is 1.36. The second kappa shape index (κ2) is 4.76. The van der Waals surface area contributed by atoms with Gasteiger partial charge in [-0.1, -0.05) is 0 Å². The molecule has 0 atom stereocenters. The summed E-state index contributed by atoms with van der Waals surface area (Å²) in [6.07, 6.45) is 3.83. The molecule has 4 nitrogen and oxygen atoms in total. The molecule has 1 aliphatic rings. The zero-order chi connectivity index (χ0) is 12.4. The smallest absolute Gasteiger partial charge is 0.254 e. The van der Waals surface area contributed by atoms with Crippen LogP contribution < -0.4 is 0 Å². The average Bonchev–Trinajstić information content (AvgIpc) is 3.11. The van der Waals surface area contributed by atoms with Gasteiger partial charge in [0.1, 0.15) is 6.07 Å². The Bertz CT molecular complexity index is 489. The lowest BCUT2D eigenvalue weighted by atomic mass is 10.2. The summed E-state index contributed by atoms with van der Waals surface area (Å²) in [6.45, 7) is 0. The molecule has 2 rings (SSSR count). The van der Waals surface area contributed by atoms with Crippen molar-refractivity contribution in [1.82, 2.24) is 9.88 Å². The van der Waals surface area contributed by atoms with Crippen LogP contribution in [0.1, 0.15) is 28.9 Å². The van der Waals surface area contributed by atoms with E-state index in [0.717, 1.165) is 4.90 Å². The molecular weight excluding hydrogens is 234 g/mol. The first kappa shape index (κ1) is 11.9. The SMILES string of the molecule is CN(C)C(=O)c1cnc(C#N)c(SC2CC2)c1. The average molecular weight is 247 g/mol. The molecule has 1 saturated carbocycles. The molecule has 0 N–H and O–H groups in total. The molecule has 0 aromatic carbocycles. The highest BCUT2D eigenvalue weighted by Crippen LogP contribution is 2.40. The Morgan fingerprint density at radius 2 is 2.29 bits per heavy atom. The van der Waals surface area contributed by atoms with E-state index in [0.29, 0.717) is 16.5 Å². The fourth-order valence-corrected chi connectivity index (χ4v) is 2.49. The third-order valence-corrected chi connectivity index (χ3v) is 3.80. The Hall–Kier alpha value is -1.54. The van der Waals surface area contributed by atoms with Crippen LogP contribution in [0.15, 0.2) is 17.2 Å². The Kier molecular flexibility index (Phi) is 3.34. The van der Waals surface area contributed by atoms with Crippen molar-refractivity contribution in [3.63, 3.8) is 0 Å². The van der Waals surface area contributed by atoms with Crippen molar-refractivity contribution in [2.75, 3.05) is 14.1 Å². The zero-order valence-electron chi connectivity index (χ0n) is 9.80. The molecule has 0 aliphatic heterocycles. The molecule has 1 heterocycles. The molecule has 0 bridgehead atoms. The van der Waals surface area contributed by atoms with Crippen molar-refractivity contribution < 1.29 is 4.79 Å². The van der Waals surface area contributed by atoms with Crippen molar-refractivity contribution >= 4 is 17.7 Å². The molecule has 1 fully saturated rings. The van der Waals surface area contributed by atoms with E-state index in [9.17, 15) is 4.79 Å². The first-order valence-electron chi connectivity index (χ1n) is 5.40. The van der Waals surface area contributed by atoms with Crippen molar-refractivity contribution in [1.29, 1.82) is 5.26 Å². The van der Waals surface area contributed by atoms with Gasteiger partial charge in [-0.15, -0.1) is 11.8 Å². The molecular formula is C12H13N3OS. The normalized spacial score (nSPS) is 14.2. The number of hydrogen-bond acceptors (Lipinski definition) is 4. The monoisotopic (exact) mass is 247 g/mol. The summed E-state index contributed by atoms with van der Waals surface area (Å²) < 4.78 is 0. The van der Waals surface area contributed by atoms with E-state index in [-0.39, 0.29) is 5.91 Å². The van der Waals surface area contributed by atoms with Crippen molar-refractivity contribution in [2.24, 2.45) is 0 Å². The number of carbonyl (C=O) groups excluding carboxylic acids is 1. The molecule has 1 aromatic rings. The van der Waals surface area contributed by atoms with Gasteiger partial charge in [0, 0.05) is 30.4 Å². The second-order valence-corrected chi connectivity index (χ2v) is 5.54. The molecule has 17 heavy (non-hydrogen) atoms. The Morgan fingerprint density at radius 3 is 2.82 bits per heavy atom. The lowest BCUT2D eigenvalue weighted by molar-refractivity contribution is 0.0827. The van der Waals surface area contributed by atoms with Gasteiger partial charge in [-0.2, -0.15) is 5.26 Å². The number of carbonyl (C=O) groups is 1. The van der Waals surface area contributed by atoms with Crippen molar-refractivity contribution in [2.45, 2.75) is 23.0 Å². The topological polar surface area (TPSA) is 57.0 Å². The first-order valence-corrected chi connectivity index (χ1v) is 6.28. The van der Waals surface area contributed by atoms with E-state index in [2.05, 4.69) is 11.1 Å². The van der Waals surface area contributed by atoms with Crippen LogP contribution in [-0.2, 0) is 0 Å². The number of thioether (sulfide) groups is 1. The van der Waals surface area contributed by atoms with Gasteiger partial charge in [-0.25, -0.2) is 4.98 Å². The van der Waals surface area contributed by atoms with Gasteiger partial charge in [-0.05, 0) is 18.9 Å². The van der Waals surface area contributed by atoms with Crippen LogP contribution in [0, 0.1) is 11.3 Å². The molecule has 88 valence electrons. The summed E-state index contributed by atoms with van der Waals surface area (Å²) in [5, 5.41) is 9.56. The summed E-state index contributed by atoms with van der Waals surface area (Å²) in [5.41, 5.74) is 0.953. The molecule has 0 saturated heterocycles. The molecule has 1 amide bonds. The summed E-state index contributed by atoms with van der Waals surface area (Å²) in [4.78, 5) is 18.2. The van der Waals surface area contributed by atoms with Crippen LogP contribution >= 0.6 is 11.8 Å². The number of rotatable bonds is 3. The minimum atomic E-state index is -0.0837. The third-order valence-electron chi connectivity index (χ3n) is 2.43. The first-order chi connectivity index (χ1) is 8.11. The van der Waals surface area contributed by atoms with Gasteiger partial charge in [0.25, 0.3) is 5.91 Å². The zero-order valence-corrected chi connectivity index (χ0v) is 10.6. The van der Waals surface area contributed by atoms with Gasteiger partial charge in [0.15, 0.2) is 5.69 Å². The Balaban J connectivity index is 2.30. The predicted octanol–water partition coefficient (Wildman–Crippen LogP) is 1.91. The molecule has 1 aliphatic carbocycles. The summed E-state index contributed by atoms with van der Waals surface area (Å²) in [6, 6.07) is 3.84. The van der Waals surface area contributed by atoms with Crippen LogP contribution in [0.4, 0.5) is 0 Å². The highest BCUT2D eigenvalue weighted by Gasteiger charge is 2.24. The van der Waals surface area contributed by atoms with Gasteiger partial charge < -0.3 is 4.90 Å². The number of aromatic nitrogens is 1. The minimum absolute atomic E-state index is 0.0837. The minimum Gasteiger partial charge on any atom is -0.345 e. The number of amides is 1. The third kappa shape index (κ3) is 2.77. The van der Waals surface area contributed by atoms with Crippen LogP contribution in [0.5, 0.6) is 0 Å². The number of nitrogens with zero attached hydrogens (tertiary/aromatic N) is 3. The van der Waals surface area contributed by atoms with Gasteiger partial charge >= 0.3 is 0 Å². The van der Waals surface area contributed by atoms with E-state index in [4.69, 9.17) is 5.26 Å². The van der Waals surface area contributed by atoms with E-state index in [1.165, 1.54) is 23.9 Å². The lowest BCUT2D eigenvalue weighted by Crippen LogP contribution is -2.22. The van der Waals surface area contributed by atoms with Crippen LogP contribution in [-0.4, -0.2) is 35.1 Å². The van der Waals surface area contributed by atoms with Crippen LogP contribution in [0.2, 0.25) is 0 Å². The number of pyridine rings is 1. The standard InChI is InChI=1S/C12H13N3OS/c1-15(2)12(16)8-5-11(17-9-3-4-9)10(6-13)14-7-8/h5,7,9H,3-4H2,1-2H3. The number of nitriles is 1. The number of hydrogen-bond donors (Lipinski definition) is 0. The van der Waals surface area contributed by atoms with Crippen LogP contribution in [0.3, 0.4) is 0 Å². The lowest BCUT2D eigenvalue weighted by Gasteiger charge is -2.11. The Morgan fingerprint density at radius 1 is 1.59 bits per heavy atom. The molecule has 5 heteroatoms. The van der Waals surface area contributed by atoms with Crippen molar-refractivity contribution in [3.8, 4) is 6.07 Å². The molecule has 1 aromatic heterocycles. The molecule has 0 radical (unpaired) electrons. The highest BCUT2D eigenvalue weighted by atomic mass is 32.2. The van der Waals surface area contributed by atoms with E-state index in [1.54, 1.807) is 31.9 Å². The maximum Gasteiger partial charge on any atom is 0.254 e. The molecule has 0 spiro atoms. The van der Waals surface area contributed by atoms with E-state index >= 15 is 0 Å². The van der Waals surface area contributed by atoms with Gasteiger partial charge in [0.2, 0.25) is 0 Å². The van der Waals surface area contributed by atoms with Gasteiger partial charge in [0.05, 0.1) is 5.56 Å². The van der Waals surface area contributed by atoms with E-state index < -0.39 is 0 Å². The molecule has 0 unspecified atom stereocenters. The van der Waals surface area contributed by atoms with Crippen molar-refractivity contribution in [3.05, 3.63) is 23.5 Å². The Labute approximate surface area is 105 Å². The largest absolute Gasteiger partial charge is 0.345 e. The summed E-state index contributed by atoms with van der Waals surface area (Å²) >= 11 is 1.65. The quantitative estimate of drug-likeness (QED) is 0.818. The maximum absolute atomic E-state index is 11.8. The second-order valence-electron chi connectivity index (χ2n) is 4.20. The maximum atomic E-state index is 11.8. The fraction of sp³-hybridized carbons (Fsp3) is 0.417. The summed E-state index contributed by atoms with van der Waals surface area (Å²) in [7, 11) is 3.41. The van der Waals surface area contributed by atoms with Crippen LogP contribution in [0.25, 0.3) is 0 Å². The van der Waals surface area contributed by atoms with Gasteiger partial charge in [-0.3, -0.25) is 4.79 Å². The predicted molar refractivity (Wildman–Crippen MR) is 65.8 cm³/mol. The highest BCUT2D eigenvalue weighted by molar-refractivity contribution is 8.00.